The van der Waals surface area contributed by atoms with Gasteiger partial charge in [0.15, 0.2) is 6.29 Å². The summed E-state index contributed by atoms with van der Waals surface area (Å²) < 4.78 is 52.0. The lowest BCUT2D eigenvalue weighted by Gasteiger charge is -2.36. The number of alkyl carbamates (subject to hydrolysis) is 1. The zero-order valence-electron chi connectivity index (χ0n) is 25.9. The van der Waals surface area contributed by atoms with Gasteiger partial charge in [-0.25, -0.2) is 17.9 Å². The number of rotatable bonds is 16. The van der Waals surface area contributed by atoms with Crippen LogP contribution in [0.25, 0.3) is 10.4 Å². The molecule has 1 unspecified atom stereocenters. The number of hydrogen-bond acceptors (Lipinski definition) is 9. The highest BCUT2D eigenvalue weighted by molar-refractivity contribution is 7.89. The fraction of sp³-hybridized carbons (Fsp3) is 0.581. The van der Waals surface area contributed by atoms with E-state index >= 15 is 0 Å². The minimum Gasteiger partial charge on any atom is -0.497 e. The smallest absolute Gasteiger partial charge is 0.407 e. The molecule has 2 aliphatic rings. The van der Waals surface area contributed by atoms with Gasteiger partial charge in [-0.15, -0.1) is 0 Å². The normalized spacial score (nSPS) is 21.6. The van der Waals surface area contributed by atoms with Crippen LogP contribution in [0.1, 0.15) is 45.1 Å². The van der Waals surface area contributed by atoms with Crippen LogP contribution < -0.4 is 14.8 Å². The molecule has 0 bridgehead atoms. The number of carbonyl (C=O) groups excluding carboxylic acids is 1. The molecule has 0 aliphatic carbocycles. The van der Waals surface area contributed by atoms with Gasteiger partial charge in [0.2, 0.25) is 10.0 Å². The molecule has 6 atom stereocenters. The largest absolute Gasteiger partial charge is 0.497 e. The topological polar surface area (TPSA) is 181 Å². The highest BCUT2D eigenvalue weighted by Crippen LogP contribution is 2.34. The maximum atomic E-state index is 13.6. The molecule has 14 heteroatoms. The van der Waals surface area contributed by atoms with E-state index in [-0.39, 0.29) is 30.3 Å². The van der Waals surface area contributed by atoms with Crippen LogP contribution in [0.15, 0.2) is 64.6 Å². The van der Waals surface area contributed by atoms with E-state index in [0.29, 0.717) is 38.2 Å². The van der Waals surface area contributed by atoms with Gasteiger partial charge < -0.3 is 29.4 Å². The van der Waals surface area contributed by atoms with E-state index in [9.17, 15) is 18.3 Å². The third-order valence-corrected chi connectivity index (χ3v) is 9.80. The molecular formula is C31H43N5O8S. The van der Waals surface area contributed by atoms with E-state index in [1.165, 1.54) is 19.2 Å². The van der Waals surface area contributed by atoms with E-state index < -0.39 is 52.1 Å². The zero-order valence-corrected chi connectivity index (χ0v) is 26.7. The molecule has 13 nitrogen and oxygen atoms in total. The van der Waals surface area contributed by atoms with Crippen LogP contribution in [-0.2, 0) is 30.7 Å². The van der Waals surface area contributed by atoms with Gasteiger partial charge in [0.1, 0.15) is 11.9 Å². The molecular weight excluding hydrogens is 602 g/mol. The fourth-order valence-electron chi connectivity index (χ4n) is 5.90. The predicted octanol–water partition coefficient (Wildman–Crippen LogP) is 4.31. The summed E-state index contributed by atoms with van der Waals surface area (Å²) in [5, 5.41) is 18.4. The summed E-state index contributed by atoms with van der Waals surface area (Å²) in [5.74, 6) is 0.434. The second kappa shape index (κ2) is 15.7. The van der Waals surface area contributed by atoms with Crippen LogP contribution in [0.4, 0.5) is 4.79 Å². The van der Waals surface area contributed by atoms with Crippen molar-refractivity contribution in [1.29, 1.82) is 0 Å². The molecule has 1 amide bonds. The Kier molecular flexibility index (Phi) is 12.1. The maximum absolute atomic E-state index is 13.6. The monoisotopic (exact) mass is 645 g/mol. The molecule has 0 radical (unpaired) electrons. The van der Waals surface area contributed by atoms with Crippen LogP contribution in [0.2, 0.25) is 0 Å². The van der Waals surface area contributed by atoms with Crippen molar-refractivity contribution in [2.45, 2.75) is 81.4 Å². The van der Waals surface area contributed by atoms with Crippen molar-refractivity contribution in [3.63, 3.8) is 0 Å². The summed E-state index contributed by atoms with van der Waals surface area (Å²) >= 11 is 0. The van der Waals surface area contributed by atoms with Gasteiger partial charge in [0.05, 0.1) is 49.3 Å². The van der Waals surface area contributed by atoms with E-state index in [1.807, 2.05) is 44.2 Å². The first-order valence-corrected chi connectivity index (χ1v) is 16.6. The summed E-state index contributed by atoms with van der Waals surface area (Å²) in [6.45, 7) is 4.95. The Morgan fingerprint density at radius 2 is 1.89 bits per heavy atom. The number of carbonyl (C=O) groups is 1. The second-order valence-electron chi connectivity index (χ2n) is 12.2. The number of sulfonamides is 1. The first kappa shape index (κ1) is 34.5. The zero-order chi connectivity index (χ0) is 32.5. The number of aliphatic hydroxyl groups excluding tert-OH is 1. The summed E-state index contributed by atoms with van der Waals surface area (Å²) in [7, 11) is -2.61. The number of benzene rings is 2. The van der Waals surface area contributed by atoms with Crippen molar-refractivity contribution >= 4 is 16.1 Å². The molecule has 2 fully saturated rings. The lowest BCUT2D eigenvalue weighted by atomic mass is 9.79. The van der Waals surface area contributed by atoms with Gasteiger partial charge in [-0.05, 0) is 72.9 Å². The van der Waals surface area contributed by atoms with Gasteiger partial charge in [-0.2, -0.15) is 0 Å². The SMILES string of the molecule is COc1ccc(S(=O)(=O)NC(CC(C)(C)CCCN=[N+]=[N-])[C@H](O)[C@H](Cc2ccccc2)NC(=O)O[C@@H]2CO[C@@H]3OCC[C@@H]32)cc1. The number of ether oxygens (including phenoxy) is 4. The maximum Gasteiger partial charge on any atom is 0.407 e. The molecule has 2 heterocycles. The van der Waals surface area contributed by atoms with E-state index in [1.54, 1.807) is 12.1 Å². The molecule has 4 rings (SSSR count). The Balaban J connectivity index is 1.58. The highest BCUT2D eigenvalue weighted by atomic mass is 32.2. The van der Waals surface area contributed by atoms with Crippen molar-refractivity contribution in [3.05, 3.63) is 70.6 Å². The lowest BCUT2D eigenvalue weighted by molar-refractivity contribution is -0.0907. The molecule has 2 aromatic carbocycles. The molecule has 3 N–H and O–H groups in total. The van der Waals surface area contributed by atoms with Crippen LogP contribution in [-0.4, -0.2) is 77.1 Å². The van der Waals surface area contributed by atoms with Crippen molar-refractivity contribution in [1.82, 2.24) is 10.0 Å². The van der Waals surface area contributed by atoms with Crippen molar-refractivity contribution in [2.75, 3.05) is 26.9 Å². The number of amides is 1. The van der Waals surface area contributed by atoms with Gasteiger partial charge in [-0.3, -0.25) is 0 Å². The summed E-state index contributed by atoms with van der Waals surface area (Å²) in [6, 6.07) is 13.3. The molecule has 2 aliphatic heterocycles. The van der Waals surface area contributed by atoms with E-state index in [2.05, 4.69) is 20.1 Å². The number of nitrogens with zero attached hydrogens (tertiary/aromatic N) is 3. The molecule has 2 saturated heterocycles. The van der Waals surface area contributed by atoms with E-state index in [4.69, 9.17) is 24.5 Å². The minimum atomic E-state index is -4.10. The minimum absolute atomic E-state index is 0.00297. The molecule has 0 aromatic heterocycles. The highest BCUT2D eigenvalue weighted by Gasteiger charge is 2.44. The molecule has 2 aromatic rings. The summed E-state index contributed by atoms with van der Waals surface area (Å²) in [4.78, 5) is 16.0. The van der Waals surface area contributed by atoms with Gasteiger partial charge in [-0.1, -0.05) is 49.3 Å². The first-order chi connectivity index (χ1) is 21.5. The Morgan fingerprint density at radius 1 is 1.16 bits per heavy atom. The quantitative estimate of drug-likeness (QED) is 0.104. The average molecular weight is 646 g/mol. The Labute approximate surface area is 264 Å². The van der Waals surface area contributed by atoms with Crippen molar-refractivity contribution in [3.8, 4) is 5.75 Å². The van der Waals surface area contributed by atoms with Crippen LogP contribution in [0.3, 0.4) is 0 Å². The number of nitrogens with one attached hydrogen (secondary N) is 2. The Morgan fingerprint density at radius 3 is 2.58 bits per heavy atom. The van der Waals surface area contributed by atoms with Crippen molar-refractivity contribution < 1.29 is 37.3 Å². The number of azide groups is 1. The van der Waals surface area contributed by atoms with Crippen LogP contribution in [0.5, 0.6) is 5.75 Å². The summed E-state index contributed by atoms with van der Waals surface area (Å²) in [5.41, 5.74) is 9.01. The van der Waals surface area contributed by atoms with Gasteiger partial charge in [0.25, 0.3) is 0 Å². The van der Waals surface area contributed by atoms with Gasteiger partial charge in [0, 0.05) is 11.5 Å². The molecule has 0 saturated carbocycles. The van der Waals surface area contributed by atoms with E-state index in [0.717, 1.165) is 5.56 Å². The standard InChI is InChI=1S/C31H43N5O8S/c1-31(2,15-7-16-33-36-32)19-26(35-45(39,40)23-12-10-22(41-3)11-13-23)28(37)25(18-21-8-5-4-6-9-21)34-30(38)44-27-20-43-29-24(27)14-17-42-29/h4-6,8-13,24-29,35,37H,7,14-20H2,1-3H3,(H,34,38)/t24-,25+,26?,27-,28-,29+/m1/s1. The third kappa shape index (κ3) is 9.80. The van der Waals surface area contributed by atoms with Crippen molar-refractivity contribution in [2.24, 2.45) is 16.4 Å². The van der Waals surface area contributed by atoms with Crippen LogP contribution in [0, 0.1) is 11.3 Å². The third-order valence-electron chi connectivity index (χ3n) is 8.29. The fourth-order valence-corrected chi connectivity index (χ4v) is 7.15. The number of methoxy groups -OCH3 is 1. The lowest BCUT2D eigenvalue weighted by Crippen LogP contribution is -2.56. The molecule has 246 valence electrons. The summed E-state index contributed by atoms with van der Waals surface area (Å²) in [6.07, 6.45) is -0.653. The average Bonchev–Trinajstić information content (AvgIpc) is 3.64. The van der Waals surface area contributed by atoms with Gasteiger partial charge >= 0.3 is 6.09 Å². The predicted molar refractivity (Wildman–Crippen MR) is 166 cm³/mol. The number of hydrogen-bond donors (Lipinski definition) is 3. The Hall–Kier alpha value is -3.39. The molecule has 0 spiro atoms. The second-order valence-corrected chi connectivity index (χ2v) is 13.9. The van der Waals surface area contributed by atoms with Crippen LogP contribution >= 0.6 is 0 Å². The molecule has 45 heavy (non-hydrogen) atoms. The Bertz CT molecular complexity index is 1400. The number of fused-ring (bicyclic) bond motifs is 1. The number of aliphatic hydroxyl groups is 1. The first-order valence-electron chi connectivity index (χ1n) is 15.1.